The van der Waals surface area contributed by atoms with Crippen LogP contribution in [0.5, 0.6) is 0 Å². The molecule has 0 amide bonds. The number of fused-ring (bicyclic) bond motifs is 1. The summed E-state index contributed by atoms with van der Waals surface area (Å²) >= 11 is 0. The number of benzene rings is 2. The molecule has 0 saturated heterocycles. The molecule has 0 saturated carbocycles. The van der Waals surface area contributed by atoms with Crippen LogP contribution in [0.4, 0.5) is 0 Å². The van der Waals surface area contributed by atoms with Crippen LogP contribution in [0.1, 0.15) is 32.8 Å². The van der Waals surface area contributed by atoms with Gasteiger partial charge in [0.1, 0.15) is 5.82 Å². The number of para-hydroxylation sites is 2. The Labute approximate surface area is 138 Å². The highest BCUT2D eigenvalue weighted by Crippen LogP contribution is 2.28. The van der Waals surface area contributed by atoms with Gasteiger partial charge in [-0.2, -0.15) is 0 Å². The van der Waals surface area contributed by atoms with Crippen molar-refractivity contribution in [1.82, 2.24) is 9.55 Å². The van der Waals surface area contributed by atoms with Crippen molar-refractivity contribution in [3.63, 3.8) is 0 Å². The number of nitrogens with zero attached hydrogens (tertiary/aromatic N) is 2. The first kappa shape index (κ1) is 15.8. The molecular formula is C20H25N3. The first-order valence-corrected chi connectivity index (χ1v) is 8.27. The second-order valence-corrected chi connectivity index (χ2v) is 7.05. The minimum atomic E-state index is 0.165. The Morgan fingerprint density at radius 1 is 1.00 bits per heavy atom. The molecule has 3 rings (SSSR count). The Kier molecular flexibility index (Phi) is 4.22. The summed E-state index contributed by atoms with van der Waals surface area (Å²) in [6.07, 6.45) is 0.952. The highest BCUT2D eigenvalue weighted by molar-refractivity contribution is 5.80. The molecule has 2 N–H and O–H groups in total. The Bertz CT molecular complexity index is 792. The fourth-order valence-electron chi connectivity index (χ4n) is 2.89. The summed E-state index contributed by atoms with van der Waals surface area (Å²) in [4.78, 5) is 4.85. The van der Waals surface area contributed by atoms with E-state index in [9.17, 15) is 0 Å². The van der Waals surface area contributed by atoms with Gasteiger partial charge in [0, 0.05) is 12.1 Å². The van der Waals surface area contributed by atoms with Gasteiger partial charge in [-0.25, -0.2) is 4.98 Å². The first-order valence-electron chi connectivity index (χ1n) is 8.27. The van der Waals surface area contributed by atoms with E-state index in [1.54, 1.807) is 0 Å². The van der Waals surface area contributed by atoms with E-state index >= 15 is 0 Å². The second kappa shape index (κ2) is 6.17. The third kappa shape index (κ3) is 3.15. The van der Waals surface area contributed by atoms with Crippen LogP contribution in [-0.4, -0.2) is 16.1 Å². The maximum atomic E-state index is 5.71. The Morgan fingerprint density at radius 3 is 2.35 bits per heavy atom. The molecular weight excluding hydrogens is 282 g/mol. The zero-order valence-corrected chi connectivity index (χ0v) is 14.2. The van der Waals surface area contributed by atoms with E-state index in [0.29, 0.717) is 6.54 Å². The summed E-state index contributed by atoms with van der Waals surface area (Å²) in [5.41, 5.74) is 10.6. The van der Waals surface area contributed by atoms with Crippen LogP contribution in [-0.2, 0) is 12.0 Å². The molecule has 0 aliphatic heterocycles. The summed E-state index contributed by atoms with van der Waals surface area (Å²) in [5, 5.41) is 0. The first-order chi connectivity index (χ1) is 11.0. The number of hydrogen-bond acceptors (Lipinski definition) is 2. The molecule has 2 aromatic carbocycles. The lowest BCUT2D eigenvalue weighted by Gasteiger charge is -2.19. The van der Waals surface area contributed by atoms with Crippen LogP contribution >= 0.6 is 0 Å². The Hall–Kier alpha value is -2.13. The predicted molar refractivity (Wildman–Crippen MR) is 97.5 cm³/mol. The van der Waals surface area contributed by atoms with Crippen molar-refractivity contribution in [2.75, 3.05) is 6.54 Å². The highest BCUT2D eigenvalue weighted by atomic mass is 15.1. The van der Waals surface area contributed by atoms with Gasteiger partial charge in [-0.05, 0) is 36.1 Å². The number of aryl methyl sites for hydroxylation is 1. The molecule has 0 unspecified atom stereocenters. The number of aromatic nitrogens is 2. The third-order valence-corrected chi connectivity index (χ3v) is 4.25. The van der Waals surface area contributed by atoms with Gasteiger partial charge in [-0.15, -0.1) is 0 Å². The fraction of sp³-hybridized carbons (Fsp3) is 0.350. The van der Waals surface area contributed by atoms with Gasteiger partial charge in [0.25, 0.3) is 0 Å². The average Bonchev–Trinajstić information content (AvgIpc) is 2.91. The van der Waals surface area contributed by atoms with Crippen molar-refractivity contribution in [2.45, 2.75) is 39.2 Å². The van der Waals surface area contributed by atoms with Gasteiger partial charge in [-0.3, -0.25) is 0 Å². The molecule has 0 radical (unpaired) electrons. The van der Waals surface area contributed by atoms with E-state index in [1.807, 2.05) is 6.07 Å². The molecule has 0 aliphatic rings. The third-order valence-electron chi connectivity index (χ3n) is 4.25. The molecule has 0 bridgehead atoms. The molecule has 0 spiro atoms. The molecule has 0 fully saturated rings. The standard InChI is InChI=1S/C20H25N3/c1-20(2,3)16-11-9-15(10-12-16)19-22-17-7-4-5-8-18(17)23(19)14-6-13-21/h4-5,7-12H,6,13-14,21H2,1-3H3. The van der Waals surface area contributed by atoms with Gasteiger partial charge in [-0.1, -0.05) is 57.2 Å². The minimum absolute atomic E-state index is 0.165. The van der Waals surface area contributed by atoms with Crippen molar-refractivity contribution in [1.29, 1.82) is 0 Å². The lowest BCUT2D eigenvalue weighted by atomic mass is 9.87. The van der Waals surface area contributed by atoms with Crippen LogP contribution < -0.4 is 5.73 Å². The average molecular weight is 307 g/mol. The van der Waals surface area contributed by atoms with E-state index in [-0.39, 0.29) is 5.41 Å². The van der Waals surface area contributed by atoms with Crippen LogP contribution in [0, 0.1) is 0 Å². The maximum absolute atomic E-state index is 5.71. The van der Waals surface area contributed by atoms with Crippen LogP contribution in [0.3, 0.4) is 0 Å². The summed E-state index contributed by atoms with van der Waals surface area (Å²) < 4.78 is 2.29. The lowest BCUT2D eigenvalue weighted by molar-refractivity contribution is 0.590. The van der Waals surface area contributed by atoms with Gasteiger partial charge >= 0.3 is 0 Å². The van der Waals surface area contributed by atoms with Crippen LogP contribution in [0.2, 0.25) is 0 Å². The molecule has 1 heterocycles. The molecule has 3 heteroatoms. The predicted octanol–water partition coefficient (Wildman–Crippen LogP) is 4.35. The van der Waals surface area contributed by atoms with E-state index in [4.69, 9.17) is 10.7 Å². The monoisotopic (exact) mass is 307 g/mol. The van der Waals surface area contributed by atoms with Crippen LogP contribution in [0.25, 0.3) is 22.4 Å². The fourth-order valence-corrected chi connectivity index (χ4v) is 2.89. The summed E-state index contributed by atoms with van der Waals surface area (Å²) in [7, 11) is 0. The molecule has 1 aromatic heterocycles. The molecule has 23 heavy (non-hydrogen) atoms. The highest BCUT2D eigenvalue weighted by Gasteiger charge is 2.15. The zero-order valence-electron chi connectivity index (χ0n) is 14.2. The molecule has 120 valence electrons. The van der Waals surface area contributed by atoms with Gasteiger partial charge in [0.2, 0.25) is 0 Å². The van der Waals surface area contributed by atoms with Crippen molar-refractivity contribution >= 4 is 11.0 Å². The largest absolute Gasteiger partial charge is 0.330 e. The summed E-state index contributed by atoms with van der Waals surface area (Å²) in [6.45, 7) is 8.29. The normalized spacial score (nSPS) is 12.0. The van der Waals surface area contributed by atoms with Crippen molar-refractivity contribution in [3.05, 3.63) is 54.1 Å². The topological polar surface area (TPSA) is 43.8 Å². The van der Waals surface area contributed by atoms with Crippen molar-refractivity contribution in [3.8, 4) is 11.4 Å². The molecule has 3 aromatic rings. The Morgan fingerprint density at radius 2 is 1.70 bits per heavy atom. The Balaban J connectivity index is 2.08. The maximum Gasteiger partial charge on any atom is 0.141 e. The van der Waals surface area contributed by atoms with Crippen LogP contribution in [0.15, 0.2) is 48.5 Å². The van der Waals surface area contributed by atoms with E-state index in [2.05, 4.69) is 67.8 Å². The lowest BCUT2D eigenvalue weighted by Crippen LogP contribution is -2.10. The van der Waals surface area contributed by atoms with E-state index < -0.39 is 0 Å². The minimum Gasteiger partial charge on any atom is -0.330 e. The van der Waals surface area contributed by atoms with E-state index in [0.717, 1.165) is 29.9 Å². The zero-order chi connectivity index (χ0) is 16.4. The molecule has 0 atom stereocenters. The summed E-state index contributed by atoms with van der Waals surface area (Å²) in [6, 6.07) is 17.1. The summed E-state index contributed by atoms with van der Waals surface area (Å²) in [5.74, 6) is 1.03. The van der Waals surface area contributed by atoms with Gasteiger partial charge in [0.05, 0.1) is 11.0 Å². The number of hydrogen-bond donors (Lipinski definition) is 1. The SMILES string of the molecule is CC(C)(C)c1ccc(-c2nc3ccccc3n2CCCN)cc1. The number of nitrogens with two attached hydrogens (primary N) is 1. The smallest absolute Gasteiger partial charge is 0.141 e. The number of imidazole rings is 1. The van der Waals surface area contributed by atoms with Crippen molar-refractivity contribution in [2.24, 2.45) is 5.73 Å². The van der Waals surface area contributed by atoms with Crippen molar-refractivity contribution < 1.29 is 0 Å². The molecule has 3 nitrogen and oxygen atoms in total. The number of rotatable bonds is 4. The van der Waals surface area contributed by atoms with E-state index in [1.165, 1.54) is 11.1 Å². The molecule has 0 aliphatic carbocycles. The quantitative estimate of drug-likeness (QED) is 0.778. The van der Waals surface area contributed by atoms with Gasteiger partial charge < -0.3 is 10.3 Å². The second-order valence-electron chi connectivity index (χ2n) is 7.05. The van der Waals surface area contributed by atoms with Gasteiger partial charge in [0.15, 0.2) is 0 Å².